The molecule has 3 rings (SSSR count). The van der Waals surface area contributed by atoms with E-state index in [1.54, 1.807) is 0 Å². The Morgan fingerprint density at radius 3 is 2.21 bits per heavy atom. The molecular formula is C24H26N2O2. The van der Waals surface area contributed by atoms with Crippen LogP contribution in [0.3, 0.4) is 0 Å². The number of carbonyl (C=O) groups is 1. The van der Waals surface area contributed by atoms with Crippen LogP contribution < -0.4 is 15.4 Å². The summed E-state index contributed by atoms with van der Waals surface area (Å²) >= 11 is 0. The van der Waals surface area contributed by atoms with E-state index in [1.165, 1.54) is 0 Å². The summed E-state index contributed by atoms with van der Waals surface area (Å²) in [6, 6.07) is 23.7. The number of aryl methyl sites for hydroxylation is 1. The fraction of sp³-hybridized carbons (Fsp3) is 0.208. The topological polar surface area (TPSA) is 50.4 Å². The first kappa shape index (κ1) is 19.5. The van der Waals surface area contributed by atoms with E-state index in [2.05, 4.69) is 36.6 Å². The maximum Gasteiger partial charge on any atom is 0.262 e. The largest absolute Gasteiger partial charge is 0.483 e. The van der Waals surface area contributed by atoms with Crippen LogP contribution in [0.15, 0.2) is 72.8 Å². The van der Waals surface area contributed by atoms with Gasteiger partial charge < -0.3 is 15.4 Å². The summed E-state index contributed by atoms with van der Waals surface area (Å²) in [4.78, 5) is 12.3. The Balaban J connectivity index is 1.56. The van der Waals surface area contributed by atoms with Crippen LogP contribution in [0.2, 0.25) is 0 Å². The van der Waals surface area contributed by atoms with Gasteiger partial charge in [0.05, 0.1) is 0 Å². The number of para-hydroxylation sites is 1. The summed E-state index contributed by atoms with van der Waals surface area (Å²) in [5, 5.41) is 6.19. The van der Waals surface area contributed by atoms with Gasteiger partial charge in [-0.1, -0.05) is 44.2 Å². The lowest BCUT2D eigenvalue weighted by atomic mass is 10.0. The van der Waals surface area contributed by atoms with E-state index in [0.717, 1.165) is 33.9 Å². The van der Waals surface area contributed by atoms with Gasteiger partial charge >= 0.3 is 0 Å². The molecule has 0 radical (unpaired) electrons. The minimum Gasteiger partial charge on any atom is -0.483 e. The Morgan fingerprint density at radius 1 is 0.893 bits per heavy atom. The predicted octanol–water partition coefficient (Wildman–Crippen LogP) is 5.88. The molecule has 1 amide bonds. The van der Waals surface area contributed by atoms with Crippen molar-refractivity contribution >= 4 is 23.0 Å². The summed E-state index contributed by atoms with van der Waals surface area (Å²) in [7, 11) is 0. The zero-order chi connectivity index (χ0) is 19.9. The highest BCUT2D eigenvalue weighted by atomic mass is 16.5. The van der Waals surface area contributed by atoms with E-state index in [-0.39, 0.29) is 12.5 Å². The van der Waals surface area contributed by atoms with E-state index in [1.807, 2.05) is 67.6 Å². The molecule has 0 saturated heterocycles. The van der Waals surface area contributed by atoms with E-state index in [4.69, 9.17) is 4.74 Å². The number of carbonyl (C=O) groups excluding carboxylic acids is 1. The highest BCUT2D eigenvalue weighted by Gasteiger charge is 2.10. The van der Waals surface area contributed by atoms with Crippen LogP contribution in [0.25, 0.3) is 0 Å². The molecule has 0 aliphatic rings. The molecule has 0 heterocycles. The Kier molecular flexibility index (Phi) is 6.33. The quantitative estimate of drug-likeness (QED) is 0.543. The summed E-state index contributed by atoms with van der Waals surface area (Å²) in [6.45, 7) is 6.22. The van der Waals surface area contributed by atoms with E-state index in [0.29, 0.717) is 5.92 Å². The fourth-order valence-corrected chi connectivity index (χ4v) is 2.91. The standard InChI is InChI=1S/C24H26N2O2/c1-17(2)22-14-9-18(3)15-23(22)28-16-24(27)26-21-12-10-20(11-13-21)25-19-7-5-4-6-8-19/h4-15,17,25H,16H2,1-3H3,(H,26,27). The summed E-state index contributed by atoms with van der Waals surface area (Å²) < 4.78 is 5.79. The van der Waals surface area contributed by atoms with Gasteiger partial charge in [-0.25, -0.2) is 0 Å². The summed E-state index contributed by atoms with van der Waals surface area (Å²) in [6.07, 6.45) is 0. The van der Waals surface area contributed by atoms with Crippen molar-refractivity contribution in [3.63, 3.8) is 0 Å². The number of hydrogen-bond acceptors (Lipinski definition) is 3. The Morgan fingerprint density at radius 2 is 1.54 bits per heavy atom. The fourth-order valence-electron chi connectivity index (χ4n) is 2.91. The SMILES string of the molecule is Cc1ccc(C(C)C)c(OCC(=O)Nc2ccc(Nc3ccccc3)cc2)c1. The van der Waals surface area contributed by atoms with E-state index < -0.39 is 0 Å². The number of benzene rings is 3. The van der Waals surface area contributed by atoms with Crippen LogP contribution in [0.5, 0.6) is 5.75 Å². The summed E-state index contributed by atoms with van der Waals surface area (Å²) in [5.41, 5.74) is 4.94. The van der Waals surface area contributed by atoms with Crippen molar-refractivity contribution in [2.24, 2.45) is 0 Å². The van der Waals surface area contributed by atoms with Crippen LogP contribution in [0.1, 0.15) is 30.9 Å². The Bertz CT molecular complexity index is 919. The van der Waals surface area contributed by atoms with E-state index >= 15 is 0 Å². The van der Waals surface area contributed by atoms with Crippen LogP contribution in [-0.4, -0.2) is 12.5 Å². The molecule has 4 nitrogen and oxygen atoms in total. The average molecular weight is 374 g/mol. The highest BCUT2D eigenvalue weighted by molar-refractivity contribution is 5.92. The lowest BCUT2D eigenvalue weighted by molar-refractivity contribution is -0.118. The molecule has 0 fully saturated rings. The van der Waals surface area contributed by atoms with Gasteiger partial charge in [0, 0.05) is 17.1 Å². The first-order chi connectivity index (χ1) is 13.5. The number of anilines is 3. The highest BCUT2D eigenvalue weighted by Crippen LogP contribution is 2.27. The molecule has 0 atom stereocenters. The van der Waals surface area contributed by atoms with Crippen LogP contribution in [0.4, 0.5) is 17.1 Å². The van der Waals surface area contributed by atoms with Gasteiger partial charge in [0.2, 0.25) is 0 Å². The number of hydrogen-bond donors (Lipinski definition) is 2. The van der Waals surface area contributed by atoms with Gasteiger partial charge in [-0.2, -0.15) is 0 Å². The van der Waals surface area contributed by atoms with Gasteiger partial charge in [0.15, 0.2) is 6.61 Å². The van der Waals surface area contributed by atoms with E-state index in [9.17, 15) is 4.79 Å². The maximum atomic E-state index is 12.3. The second-order valence-electron chi connectivity index (χ2n) is 7.10. The molecule has 0 aliphatic heterocycles. The lowest BCUT2D eigenvalue weighted by Crippen LogP contribution is -2.20. The Hall–Kier alpha value is -3.27. The normalized spacial score (nSPS) is 10.6. The van der Waals surface area contributed by atoms with Gasteiger partial charge in [-0.3, -0.25) is 4.79 Å². The predicted molar refractivity (Wildman–Crippen MR) is 116 cm³/mol. The van der Waals surface area contributed by atoms with Crippen molar-refractivity contribution in [3.8, 4) is 5.75 Å². The van der Waals surface area contributed by atoms with Gasteiger partial charge in [0.25, 0.3) is 5.91 Å². The summed E-state index contributed by atoms with van der Waals surface area (Å²) in [5.74, 6) is 0.927. The number of amides is 1. The van der Waals surface area contributed by atoms with Gasteiger partial charge in [-0.15, -0.1) is 0 Å². The van der Waals surface area contributed by atoms with Crippen LogP contribution in [0, 0.1) is 6.92 Å². The number of nitrogens with one attached hydrogen (secondary N) is 2. The zero-order valence-corrected chi connectivity index (χ0v) is 16.5. The second-order valence-corrected chi connectivity index (χ2v) is 7.10. The Labute approximate surface area is 166 Å². The molecule has 3 aromatic carbocycles. The third kappa shape index (κ3) is 5.36. The number of rotatable bonds is 7. The van der Waals surface area contributed by atoms with Gasteiger partial charge in [-0.05, 0) is 66.4 Å². The molecule has 4 heteroatoms. The zero-order valence-electron chi connectivity index (χ0n) is 16.5. The molecule has 0 bridgehead atoms. The molecule has 0 spiro atoms. The second kappa shape index (κ2) is 9.09. The van der Waals surface area contributed by atoms with Crippen LogP contribution >= 0.6 is 0 Å². The molecule has 0 unspecified atom stereocenters. The molecule has 28 heavy (non-hydrogen) atoms. The molecule has 144 valence electrons. The average Bonchev–Trinajstić information content (AvgIpc) is 2.68. The van der Waals surface area contributed by atoms with Crippen molar-refractivity contribution in [2.45, 2.75) is 26.7 Å². The van der Waals surface area contributed by atoms with Crippen molar-refractivity contribution in [3.05, 3.63) is 83.9 Å². The molecule has 0 aromatic heterocycles. The van der Waals surface area contributed by atoms with Crippen molar-refractivity contribution < 1.29 is 9.53 Å². The lowest BCUT2D eigenvalue weighted by Gasteiger charge is -2.15. The molecule has 0 aliphatic carbocycles. The molecule has 2 N–H and O–H groups in total. The van der Waals surface area contributed by atoms with Crippen molar-refractivity contribution in [2.75, 3.05) is 17.2 Å². The molecular weight excluding hydrogens is 348 g/mol. The molecule has 3 aromatic rings. The maximum absolute atomic E-state index is 12.3. The van der Waals surface area contributed by atoms with Gasteiger partial charge in [0.1, 0.15) is 5.75 Å². The first-order valence-electron chi connectivity index (χ1n) is 9.46. The minimum absolute atomic E-state index is 0.0206. The van der Waals surface area contributed by atoms with Crippen molar-refractivity contribution in [1.29, 1.82) is 0 Å². The monoisotopic (exact) mass is 374 g/mol. The third-order valence-corrected chi connectivity index (χ3v) is 4.38. The van der Waals surface area contributed by atoms with Crippen molar-refractivity contribution in [1.82, 2.24) is 0 Å². The van der Waals surface area contributed by atoms with Crippen LogP contribution in [-0.2, 0) is 4.79 Å². The minimum atomic E-state index is -0.181. The number of ether oxygens (including phenoxy) is 1. The third-order valence-electron chi connectivity index (χ3n) is 4.38. The first-order valence-corrected chi connectivity index (χ1v) is 9.46. The smallest absolute Gasteiger partial charge is 0.262 e. The molecule has 0 saturated carbocycles.